The van der Waals surface area contributed by atoms with E-state index in [2.05, 4.69) is 10.3 Å². The number of carbonyl (C=O) groups is 1. The third-order valence-electron chi connectivity index (χ3n) is 4.81. The number of nitrogens with zero attached hydrogens (tertiary/aromatic N) is 2. The standard InChI is InChI=1S/C18H22Cl2N4O/c1-10-13(8-21)16(12-4-3-11(19)7-14(12)20)17-15(23-10)9-24(18(17)25)6-5-22-2/h3,7,12,22H,4-6,8-9,21H2,1-2H3. The molecule has 0 fully saturated rings. The fourth-order valence-electron chi connectivity index (χ4n) is 3.55. The summed E-state index contributed by atoms with van der Waals surface area (Å²) in [5.74, 6) is -0.0982. The number of nitrogens with two attached hydrogens (primary N) is 1. The van der Waals surface area contributed by atoms with Crippen LogP contribution in [0.5, 0.6) is 0 Å². The van der Waals surface area contributed by atoms with Gasteiger partial charge in [0.15, 0.2) is 0 Å². The first kappa shape index (κ1) is 18.4. The lowest BCUT2D eigenvalue weighted by atomic mass is 9.84. The Bertz CT molecular complexity index is 773. The number of carbonyl (C=O) groups excluding carboxylic acids is 1. The number of amides is 1. The van der Waals surface area contributed by atoms with Crippen molar-refractivity contribution in [2.45, 2.75) is 32.4 Å². The van der Waals surface area contributed by atoms with Crippen molar-refractivity contribution < 1.29 is 4.79 Å². The van der Waals surface area contributed by atoms with Crippen LogP contribution in [0, 0.1) is 6.92 Å². The van der Waals surface area contributed by atoms with Gasteiger partial charge in [0.05, 0.1) is 17.8 Å². The predicted octanol–water partition coefficient (Wildman–Crippen LogP) is 2.76. The number of pyridine rings is 1. The van der Waals surface area contributed by atoms with Gasteiger partial charge in [-0.05, 0) is 37.6 Å². The van der Waals surface area contributed by atoms with Crippen LogP contribution in [0.3, 0.4) is 0 Å². The number of hydrogen-bond donors (Lipinski definition) is 2. The number of aryl methyl sites for hydroxylation is 1. The van der Waals surface area contributed by atoms with Crippen molar-refractivity contribution in [3.63, 3.8) is 0 Å². The number of hydrogen-bond acceptors (Lipinski definition) is 4. The molecule has 1 atom stereocenters. The topological polar surface area (TPSA) is 71.2 Å². The normalized spacial score (nSPS) is 19.8. The second kappa shape index (κ2) is 7.46. The van der Waals surface area contributed by atoms with Gasteiger partial charge in [-0.15, -0.1) is 0 Å². The molecule has 134 valence electrons. The fraction of sp³-hybridized carbons (Fsp3) is 0.444. The van der Waals surface area contributed by atoms with E-state index in [0.717, 1.165) is 29.1 Å². The van der Waals surface area contributed by atoms with Gasteiger partial charge >= 0.3 is 0 Å². The lowest BCUT2D eigenvalue weighted by molar-refractivity contribution is 0.0779. The van der Waals surface area contributed by atoms with Gasteiger partial charge in [-0.3, -0.25) is 9.78 Å². The Labute approximate surface area is 157 Å². The quantitative estimate of drug-likeness (QED) is 0.823. The lowest BCUT2D eigenvalue weighted by Gasteiger charge is -2.24. The SMILES string of the molecule is CNCCN1Cc2nc(C)c(CN)c(C3CC=C(Cl)C=C3Cl)c2C1=O. The summed E-state index contributed by atoms with van der Waals surface area (Å²) in [6.07, 6.45) is 4.33. The van der Waals surface area contributed by atoms with E-state index in [0.29, 0.717) is 41.7 Å². The number of aromatic nitrogens is 1. The molecule has 1 aliphatic heterocycles. The van der Waals surface area contributed by atoms with Gasteiger partial charge in [0, 0.05) is 41.3 Å². The first-order chi connectivity index (χ1) is 12.0. The molecule has 3 N–H and O–H groups in total. The Kier molecular flexibility index (Phi) is 5.49. The third kappa shape index (κ3) is 3.34. The third-order valence-corrected chi connectivity index (χ3v) is 5.44. The largest absolute Gasteiger partial charge is 0.331 e. The summed E-state index contributed by atoms with van der Waals surface area (Å²) < 4.78 is 0. The van der Waals surface area contributed by atoms with Gasteiger partial charge in [0.1, 0.15) is 0 Å². The van der Waals surface area contributed by atoms with Crippen LogP contribution < -0.4 is 11.1 Å². The summed E-state index contributed by atoms with van der Waals surface area (Å²) in [7, 11) is 1.87. The summed E-state index contributed by atoms with van der Waals surface area (Å²) in [5, 5.41) is 4.34. The van der Waals surface area contributed by atoms with E-state index >= 15 is 0 Å². The van der Waals surface area contributed by atoms with Crippen molar-refractivity contribution >= 4 is 29.1 Å². The van der Waals surface area contributed by atoms with Crippen LogP contribution in [0.15, 0.2) is 22.2 Å². The molecule has 2 aliphatic rings. The first-order valence-electron chi connectivity index (χ1n) is 8.36. The van der Waals surface area contributed by atoms with Crippen LogP contribution in [-0.2, 0) is 13.1 Å². The molecule has 1 aliphatic carbocycles. The maximum absolute atomic E-state index is 13.0. The maximum Gasteiger partial charge on any atom is 0.256 e. The molecule has 0 aromatic carbocycles. The van der Waals surface area contributed by atoms with Gasteiger partial charge in [0.25, 0.3) is 5.91 Å². The van der Waals surface area contributed by atoms with E-state index in [-0.39, 0.29) is 11.8 Å². The highest BCUT2D eigenvalue weighted by Gasteiger charge is 2.36. The minimum atomic E-state index is -0.105. The van der Waals surface area contributed by atoms with E-state index in [1.807, 2.05) is 24.9 Å². The van der Waals surface area contributed by atoms with E-state index < -0.39 is 0 Å². The molecule has 0 bridgehead atoms. The highest BCUT2D eigenvalue weighted by atomic mass is 35.5. The Morgan fingerprint density at radius 3 is 2.84 bits per heavy atom. The van der Waals surface area contributed by atoms with E-state index in [1.54, 1.807) is 6.08 Å². The number of rotatable bonds is 5. The summed E-state index contributed by atoms with van der Waals surface area (Å²) in [6.45, 7) is 4.17. The van der Waals surface area contributed by atoms with Crippen molar-refractivity contribution in [1.29, 1.82) is 0 Å². The molecular formula is C18H22Cl2N4O. The molecule has 2 heterocycles. The van der Waals surface area contributed by atoms with E-state index in [9.17, 15) is 4.79 Å². The second-order valence-corrected chi connectivity index (χ2v) is 7.22. The summed E-state index contributed by atoms with van der Waals surface area (Å²) in [4.78, 5) is 19.5. The molecule has 1 unspecified atom stereocenters. The van der Waals surface area contributed by atoms with Crippen LogP contribution in [0.25, 0.3) is 0 Å². The fourth-order valence-corrected chi connectivity index (χ4v) is 4.13. The molecule has 1 aromatic rings. The molecule has 1 amide bonds. The van der Waals surface area contributed by atoms with E-state index in [1.165, 1.54) is 0 Å². The molecule has 7 heteroatoms. The molecule has 0 radical (unpaired) electrons. The molecule has 25 heavy (non-hydrogen) atoms. The molecule has 0 saturated heterocycles. The molecule has 0 spiro atoms. The van der Waals surface area contributed by atoms with Crippen LogP contribution in [0.2, 0.25) is 0 Å². The molecule has 3 rings (SSSR count). The second-order valence-electron chi connectivity index (χ2n) is 6.35. The van der Waals surface area contributed by atoms with Gasteiger partial charge < -0.3 is 16.0 Å². The zero-order chi connectivity index (χ0) is 18.1. The Hall–Kier alpha value is -1.40. The number of allylic oxidation sites excluding steroid dienone is 4. The lowest BCUT2D eigenvalue weighted by Crippen LogP contribution is -2.31. The number of halogens is 2. The zero-order valence-corrected chi connectivity index (χ0v) is 15.9. The molecule has 5 nitrogen and oxygen atoms in total. The summed E-state index contributed by atoms with van der Waals surface area (Å²) in [5.41, 5.74) is 10.2. The van der Waals surface area contributed by atoms with E-state index in [4.69, 9.17) is 28.9 Å². The van der Waals surface area contributed by atoms with Crippen molar-refractivity contribution in [1.82, 2.24) is 15.2 Å². The monoisotopic (exact) mass is 380 g/mol. The zero-order valence-electron chi connectivity index (χ0n) is 14.4. The van der Waals surface area contributed by atoms with Crippen molar-refractivity contribution in [2.75, 3.05) is 20.1 Å². The average Bonchev–Trinajstić information content (AvgIpc) is 2.87. The average molecular weight is 381 g/mol. The Balaban J connectivity index is 2.10. The number of nitrogens with one attached hydrogen (secondary N) is 1. The minimum Gasteiger partial charge on any atom is -0.331 e. The van der Waals surface area contributed by atoms with Crippen molar-refractivity contribution in [3.05, 3.63) is 50.3 Å². The number of fused-ring (bicyclic) bond motifs is 1. The highest BCUT2D eigenvalue weighted by Crippen LogP contribution is 2.42. The first-order valence-corrected chi connectivity index (χ1v) is 9.12. The molecular weight excluding hydrogens is 359 g/mol. The smallest absolute Gasteiger partial charge is 0.256 e. The van der Waals surface area contributed by atoms with Gasteiger partial charge in [0.2, 0.25) is 0 Å². The Morgan fingerprint density at radius 1 is 1.44 bits per heavy atom. The Morgan fingerprint density at radius 2 is 2.20 bits per heavy atom. The van der Waals surface area contributed by atoms with Crippen LogP contribution >= 0.6 is 23.2 Å². The summed E-state index contributed by atoms with van der Waals surface area (Å²) in [6, 6.07) is 0. The summed E-state index contributed by atoms with van der Waals surface area (Å²) >= 11 is 12.6. The van der Waals surface area contributed by atoms with Crippen LogP contribution in [0.4, 0.5) is 0 Å². The number of likely N-dealkylation sites (N-methyl/N-ethyl adjacent to an activating group) is 1. The minimum absolute atomic E-state index is 0.00701. The van der Waals surface area contributed by atoms with Crippen LogP contribution in [0.1, 0.15) is 45.2 Å². The van der Waals surface area contributed by atoms with Gasteiger partial charge in [-0.1, -0.05) is 29.3 Å². The molecule has 0 saturated carbocycles. The predicted molar refractivity (Wildman–Crippen MR) is 101 cm³/mol. The van der Waals surface area contributed by atoms with Gasteiger partial charge in [-0.2, -0.15) is 0 Å². The molecule has 1 aromatic heterocycles. The van der Waals surface area contributed by atoms with Crippen molar-refractivity contribution in [2.24, 2.45) is 5.73 Å². The van der Waals surface area contributed by atoms with Crippen LogP contribution in [-0.4, -0.2) is 35.9 Å². The van der Waals surface area contributed by atoms with Gasteiger partial charge in [-0.25, -0.2) is 0 Å². The maximum atomic E-state index is 13.0. The van der Waals surface area contributed by atoms with Crippen molar-refractivity contribution in [3.8, 4) is 0 Å². The highest BCUT2D eigenvalue weighted by molar-refractivity contribution is 6.35.